The standard InChI is InChI=1S/C10H13BrFNO2/c1-10(2,13)5-4-6(12)8(14)7(11)9(5)15-3/h4,14H,13H2,1-3H3. The van der Waals surface area contributed by atoms with Crippen LogP contribution < -0.4 is 10.5 Å². The SMILES string of the molecule is COc1c(C(C)(C)N)cc(F)c(O)c1Br. The molecule has 3 nitrogen and oxygen atoms in total. The molecule has 0 fully saturated rings. The molecule has 5 heteroatoms. The molecule has 0 saturated carbocycles. The van der Waals surface area contributed by atoms with E-state index in [-0.39, 0.29) is 4.47 Å². The summed E-state index contributed by atoms with van der Waals surface area (Å²) in [6, 6.07) is 1.18. The topological polar surface area (TPSA) is 55.5 Å². The Labute approximate surface area is 96.2 Å². The van der Waals surface area contributed by atoms with Crippen molar-refractivity contribution in [3.63, 3.8) is 0 Å². The van der Waals surface area contributed by atoms with Crippen molar-refractivity contribution in [3.05, 3.63) is 21.9 Å². The summed E-state index contributed by atoms with van der Waals surface area (Å²) in [4.78, 5) is 0. The van der Waals surface area contributed by atoms with Crippen LogP contribution >= 0.6 is 15.9 Å². The van der Waals surface area contributed by atoms with Gasteiger partial charge >= 0.3 is 0 Å². The first-order valence-corrected chi connectivity index (χ1v) is 5.12. The van der Waals surface area contributed by atoms with Gasteiger partial charge in [-0.15, -0.1) is 0 Å². The average molecular weight is 278 g/mol. The fourth-order valence-electron chi connectivity index (χ4n) is 1.27. The fraction of sp³-hybridized carbons (Fsp3) is 0.400. The molecule has 0 aliphatic heterocycles. The van der Waals surface area contributed by atoms with Gasteiger partial charge in [0.1, 0.15) is 10.2 Å². The molecule has 0 unspecified atom stereocenters. The number of phenols is 1. The summed E-state index contributed by atoms with van der Waals surface area (Å²) in [6.07, 6.45) is 0. The van der Waals surface area contributed by atoms with E-state index in [9.17, 15) is 9.50 Å². The Morgan fingerprint density at radius 3 is 2.47 bits per heavy atom. The minimum absolute atomic E-state index is 0.179. The molecule has 0 aliphatic rings. The van der Waals surface area contributed by atoms with Crippen molar-refractivity contribution in [2.24, 2.45) is 5.73 Å². The molecule has 15 heavy (non-hydrogen) atoms. The zero-order chi connectivity index (χ0) is 11.8. The first-order chi connectivity index (χ1) is 6.79. The second-order valence-corrected chi connectivity index (χ2v) is 4.62. The second kappa shape index (κ2) is 3.98. The first kappa shape index (κ1) is 12.3. The molecule has 0 amide bonds. The van der Waals surface area contributed by atoms with Crippen LogP contribution in [0.25, 0.3) is 0 Å². The third-order valence-corrected chi connectivity index (χ3v) is 2.78. The minimum atomic E-state index is -0.748. The van der Waals surface area contributed by atoms with Crippen molar-refractivity contribution < 1.29 is 14.2 Å². The van der Waals surface area contributed by atoms with E-state index in [1.807, 2.05) is 0 Å². The van der Waals surface area contributed by atoms with Gasteiger partial charge in [0.05, 0.1) is 7.11 Å². The lowest BCUT2D eigenvalue weighted by atomic mass is 9.94. The highest BCUT2D eigenvalue weighted by Gasteiger charge is 2.25. The first-order valence-electron chi connectivity index (χ1n) is 4.33. The quantitative estimate of drug-likeness (QED) is 0.873. The molecule has 1 aromatic rings. The average Bonchev–Trinajstić information content (AvgIpc) is 2.12. The Balaban J connectivity index is 3.53. The molecule has 0 saturated heterocycles. The number of hydrogen-bond donors (Lipinski definition) is 2. The van der Waals surface area contributed by atoms with Gasteiger partial charge in [-0.3, -0.25) is 0 Å². The van der Waals surface area contributed by atoms with Gasteiger partial charge < -0.3 is 15.6 Å². The maximum atomic E-state index is 13.3. The molecule has 1 rings (SSSR count). The van der Waals surface area contributed by atoms with Crippen molar-refractivity contribution in [2.45, 2.75) is 19.4 Å². The van der Waals surface area contributed by atoms with Gasteiger partial charge in [-0.2, -0.15) is 0 Å². The van der Waals surface area contributed by atoms with Crippen LogP contribution in [0.15, 0.2) is 10.5 Å². The summed E-state index contributed by atoms with van der Waals surface area (Å²) in [5.41, 5.74) is 5.62. The summed E-state index contributed by atoms with van der Waals surface area (Å²) in [5.74, 6) is -0.850. The van der Waals surface area contributed by atoms with Crippen molar-refractivity contribution in [3.8, 4) is 11.5 Å². The fourth-order valence-corrected chi connectivity index (χ4v) is 1.83. The summed E-state index contributed by atoms with van der Waals surface area (Å²) in [5, 5.41) is 9.37. The molecule has 0 spiro atoms. The van der Waals surface area contributed by atoms with Crippen LogP contribution in [0.3, 0.4) is 0 Å². The zero-order valence-electron chi connectivity index (χ0n) is 8.77. The normalized spacial score (nSPS) is 11.6. The second-order valence-electron chi connectivity index (χ2n) is 3.82. The van der Waals surface area contributed by atoms with Crippen molar-refractivity contribution in [2.75, 3.05) is 7.11 Å². The Morgan fingerprint density at radius 1 is 1.53 bits per heavy atom. The largest absolute Gasteiger partial charge is 0.504 e. The van der Waals surface area contributed by atoms with Crippen LogP contribution in [0.4, 0.5) is 4.39 Å². The molecular weight excluding hydrogens is 265 g/mol. The maximum absolute atomic E-state index is 13.3. The van der Waals surface area contributed by atoms with Crippen LogP contribution in [0.2, 0.25) is 0 Å². The predicted octanol–water partition coefficient (Wildman–Crippen LogP) is 2.50. The zero-order valence-corrected chi connectivity index (χ0v) is 10.4. The van der Waals surface area contributed by atoms with Gasteiger partial charge in [0.25, 0.3) is 0 Å². The van der Waals surface area contributed by atoms with Crippen LogP contribution in [0.5, 0.6) is 11.5 Å². The lowest BCUT2D eigenvalue weighted by molar-refractivity contribution is 0.374. The predicted molar refractivity (Wildman–Crippen MR) is 59.5 cm³/mol. The number of ether oxygens (including phenoxy) is 1. The number of methoxy groups -OCH3 is 1. The third-order valence-electron chi connectivity index (χ3n) is 2.05. The molecule has 1 aromatic carbocycles. The van der Waals surface area contributed by atoms with Gasteiger partial charge in [0, 0.05) is 11.1 Å². The van der Waals surface area contributed by atoms with E-state index in [0.29, 0.717) is 11.3 Å². The molecule has 84 valence electrons. The molecule has 3 N–H and O–H groups in total. The van der Waals surface area contributed by atoms with E-state index in [2.05, 4.69) is 15.9 Å². The van der Waals surface area contributed by atoms with E-state index in [1.165, 1.54) is 13.2 Å². The van der Waals surface area contributed by atoms with E-state index in [1.54, 1.807) is 13.8 Å². The van der Waals surface area contributed by atoms with Crippen LogP contribution in [0, 0.1) is 5.82 Å². The van der Waals surface area contributed by atoms with Gasteiger partial charge in [0.2, 0.25) is 0 Å². The number of rotatable bonds is 2. The summed E-state index contributed by atoms with van der Waals surface area (Å²) in [7, 11) is 1.44. The van der Waals surface area contributed by atoms with E-state index in [4.69, 9.17) is 10.5 Å². The Morgan fingerprint density at radius 2 is 2.07 bits per heavy atom. The van der Waals surface area contributed by atoms with Gasteiger partial charge in [-0.25, -0.2) is 4.39 Å². The molecule has 0 bridgehead atoms. The molecule has 0 aliphatic carbocycles. The Hall–Kier alpha value is -0.810. The van der Waals surface area contributed by atoms with Crippen molar-refractivity contribution >= 4 is 15.9 Å². The molecular formula is C10H13BrFNO2. The van der Waals surface area contributed by atoms with Crippen molar-refractivity contribution in [1.82, 2.24) is 0 Å². The highest BCUT2D eigenvalue weighted by Crippen LogP contribution is 2.41. The lowest BCUT2D eigenvalue weighted by Crippen LogP contribution is -2.29. The summed E-state index contributed by atoms with van der Waals surface area (Å²) < 4.78 is 18.6. The van der Waals surface area contributed by atoms with E-state index >= 15 is 0 Å². The summed E-state index contributed by atoms with van der Waals surface area (Å²) >= 11 is 3.06. The van der Waals surface area contributed by atoms with Crippen LogP contribution in [-0.2, 0) is 5.54 Å². The molecule has 0 atom stereocenters. The molecule has 0 aromatic heterocycles. The van der Waals surface area contributed by atoms with E-state index < -0.39 is 17.1 Å². The highest BCUT2D eigenvalue weighted by atomic mass is 79.9. The minimum Gasteiger partial charge on any atom is -0.504 e. The number of hydrogen-bond acceptors (Lipinski definition) is 3. The Kier molecular flexibility index (Phi) is 3.25. The number of aromatic hydroxyl groups is 1. The van der Waals surface area contributed by atoms with Gasteiger partial charge in [-0.05, 0) is 35.8 Å². The van der Waals surface area contributed by atoms with Crippen LogP contribution in [0.1, 0.15) is 19.4 Å². The molecule has 0 radical (unpaired) electrons. The maximum Gasteiger partial charge on any atom is 0.169 e. The van der Waals surface area contributed by atoms with Gasteiger partial charge in [0.15, 0.2) is 11.6 Å². The third kappa shape index (κ3) is 2.23. The molecule has 0 heterocycles. The van der Waals surface area contributed by atoms with Gasteiger partial charge in [-0.1, -0.05) is 0 Å². The van der Waals surface area contributed by atoms with Crippen LogP contribution in [-0.4, -0.2) is 12.2 Å². The highest BCUT2D eigenvalue weighted by molar-refractivity contribution is 9.10. The van der Waals surface area contributed by atoms with Crippen molar-refractivity contribution in [1.29, 1.82) is 0 Å². The smallest absolute Gasteiger partial charge is 0.169 e. The number of benzene rings is 1. The number of nitrogens with two attached hydrogens (primary N) is 1. The monoisotopic (exact) mass is 277 g/mol. The number of phenolic OH excluding ortho intramolecular Hbond substituents is 1. The lowest BCUT2D eigenvalue weighted by Gasteiger charge is -2.23. The van der Waals surface area contributed by atoms with E-state index in [0.717, 1.165) is 0 Å². The number of halogens is 2. The summed E-state index contributed by atoms with van der Waals surface area (Å²) in [6.45, 7) is 3.46. The Bertz CT molecular complexity index is 388.